The fraction of sp³-hybridized carbons (Fsp3) is 0.417. The van der Waals surface area contributed by atoms with Crippen molar-refractivity contribution in [1.29, 1.82) is 0 Å². The van der Waals surface area contributed by atoms with Gasteiger partial charge in [-0.1, -0.05) is 0 Å². The van der Waals surface area contributed by atoms with Crippen molar-refractivity contribution in [2.45, 2.75) is 19.9 Å². The Bertz CT molecular complexity index is 539. The SMILES string of the molecule is CCOc1ccc(N([C@H](C)C(N)=O)S(C)(=O)=O)cc1. The highest BCUT2D eigenvalue weighted by molar-refractivity contribution is 7.92. The zero-order chi connectivity index (χ0) is 14.6. The third kappa shape index (κ3) is 3.85. The summed E-state index contributed by atoms with van der Waals surface area (Å²) >= 11 is 0. The molecular weight excluding hydrogens is 268 g/mol. The highest BCUT2D eigenvalue weighted by Crippen LogP contribution is 2.23. The molecular formula is C12H18N2O4S. The molecule has 0 heterocycles. The van der Waals surface area contributed by atoms with Crippen LogP contribution in [0.2, 0.25) is 0 Å². The van der Waals surface area contributed by atoms with Gasteiger partial charge in [0.2, 0.25) is 15.9 Å². The maximum atomic E-state index is 11.8. The number of hydrogen-bond donors (Lipinski definition) is 1. The van der Waals surface area contributed by atoms with Crippen LogP contribution in [0.4, 0.5) is 5.69 Å². The van der Waals surface area contributed by atoms with Crippen molar-refractivity contribution in [3.63, 3.8) is 0 Å². The predicted octanol–water partition coefficient (Wildman–Crippen LogP) is 0.725. The van der Waals surface area contributed by atoms with E-state index < -0.39 is 22.0 Å². The second-order valence-corrected chi connectivity index (χ2v) is 5.92. The number of nitrogens with zero attached hydrogens (tertiary/aromatic N) is 1. The largest absolute Gasteiger partial charge is 0.494 e. The first-order chi connectivity index (χ1) is 8.77. The van der Waals surface area contributed by atoms with E-state index >= 15 is 0 Å². The van der Waals surface area contributed by atoms with E-state index in [0.29, 0.717) is 18.0 Å². The maximum absolute atomic E-state index is 11.8. The Morgan fingerprint density at radius 3 is 2.26 bits per heavy atom. The molecule has 0 aliphatic rings. The van der Waals surface area contributed by atoms with E-state index in [0.717, 1.165) is 10.6 Å². The summed E-state index contributed by atoms with van der Waals surface area (Å²) in [7, 11) is -3.60. The van der Waals surface area contributed by atoms with Crippen LogP contribution in [-0.4, -0.2) is 33.2 Å². The van der Waals surface area contributed by atoms with Gasteiger partial charge in [0.1, 0.15) is 11.8 Å². The second kappa shape index (κ2) is 5.92. The molecule has 2 N–H and O–H groups in total. The molecule has 0 saturated heterocycles. The van der Waals surface area contributed by atoms with Crippen molar-refractivity contribution in [3.05, 3.63) is 24.3 Å². The number of benzene rings is 1. The van der Waals surface area contributed by atoms with E-state index in [-0.39, 0.29) is 0 Å². The van der Waals surface area contributed by atoms with Crippen LogP contribution in [0.15, 0.2) is 24.3 Å². The molecule has 6 nitrogen and oxygen atoms in total. The first-order valence-electron chi connectivity index (χ1n) is 5.79. The number of anilines is 1. The van der Waals surface area contributed by atoms with Crippen molar-refractivity contribution in [2.24, 2.45) is 5.73 Å². The molecule has 19 heavy (non-hydrogen) atoms. The van der Waals surface area contributed by atoms with Crippen molar-refractivity contribution >= 4 is 21.6 Å². The second-order valence-electron chi connectivity index (χ2n) is 4.06. The Labute approximate surface area is 113 Å². The quantitative estimate of drug-likeness (QED) is 0.834. The molecule has 0 radical (unpaired) electrons. The molecule has 106 valence electrons. The lowest BCUT2D eigenvalue weighted by Gasteiger charge is -2.26. The van der Waals surface area contributed by atoms with Gasteiger partial charge in [-0.15, -0.1) is 0 Å². The first-order valence-corrected chi connectivity index (χ1v) is 7.63. The molecule has 0 bridgehead atoms. The molecule has 7 heteroatoms. The Balaban J connectivity index is 3.15. The van der Waals surface area contributed by atoms with Gasteiger partial charge in [-0.05, 0) is 38.1 Å². The number of amides is 1. The van der Waals surface area contributed by atoms with Crippen molar-refractivity contribution in [1.82, 2.24) is 0 Å². The number of ether oxygens (including phenoxy) is 1. The summed E-state index contributed by atoms with van der Waals surface area (Å²) in [5.74, 6) is -0.0780. The fourth-order valence-corrected chi connectivity index (χ4v) is 2.86. The van der Waals surface area contributed by atoms with Gasteiger partial charge in [0.15, 0.2) is 0 Å². The van der Waals surface area contributed by atoms with Gasteiger partial charge < -0.3 is 10.5 Å². The molecule has 0 unspecified atom stereocenters. The van der Waals surface area contributed by atoms with E-state index in [2.05, 4.69) is 0 Å². The van der Waals surface area contributed by atoms with Crippen LogP contribution >= 0.6 is 0 Å². The number of primary amides is 1. The summed E-state index contributed by atoms with van der Waals surface area (Å²) in [5.41, 5.74) is 5.55. The minimum atomic E-state index is -3.60. The molecule has 0 aromatic heterocycles. The van der Waals surface area contributed by atoms with E-state index in [1.807, 2.05) is 6.92 Å². The summed E-state index contributed by atoms with van der Waals surface area (Å²) in [6, 6.07) is 5.49. The van der Waals surface area contributed by atoms with E-state index in [4.69, 9.17) is 10.5 Å². The van der Waals surface area contributed by atoms with Gasteiger partial charge in [-0.25, -0.2) is 8.42 Å². The minimum absolute atomic E-state index is 0.372. The molecule has 0 aliphatic carbocycles. The smallest absolute Gasteiger partial charge is 0.241 e. The first kappa shape index (κ1) is 15.3. The lowest BCUT2D eigenvalue weighted by atomic mass is 10.2. The molecule has 0 spiro atoms. The molecule has 0 saturated carbocycles. The maximum Gasteiger partial charge on any atom is 0.241 e. The average molecular weight is 286 g/mol. The third-order valence-electron chi connectivity index (χ3n) is 2.52. The van der Waals surface area contributed by atoms with Crippen LogP contribution in [0.1, 0.15) is 13.8 Å². The van der Waals surface area contributed by atoms with Gasteiger partial charge in [0.05, 0.1) is 18.6 Å². The number of rotatable bonds is 6. The summed E-state index contributed by atoms with van der Waals surface area (Å²) in [4.78, 5) is 11.2. The normalized spacial score (nSPS) is 12.8. The van der Waals surface area contributed by atoms with Crippen LogP contribution in [-0.2, 0) is 14.8 Å². The minimum Gasteiger partial charge on any atom is -0.494 e. The van der Waals surface area contributed by atoms with Gasteiger partial charge in [0.25, 0.3) is 0 Å². The van der Waals surface area contributed by atoms with Crippen LogP contribution in [0.3, 0.4) is 0 Å². The van der Waals surface area contributed by atoms with E-state index in [1.165, 1.54) is 6.92 Å². The van der Waals surface area contributed by atoms with Gasteiger partial charge in [-0.3, -0.25) is 9.10 Å². The lowest BCUT2D eigenvalue weighted by Crippen LogP contribution is -2.45. The van der Waals surface area contributed by atoms with Crippen LogP contribution in [0, 0.1) is 0 Å². The van der Waals surface area contributed by atoms with Crippen molar-refractivity contribution in [3.8, 4) is 5.75 Å². The summed E-state index contributed by atoms with van der Waals surface area (Å²) in [6.45, 7) is 3.82. The van der Waals surface area contributed by atoms with Gasteiger partial charge >= 0.3 is 0 Å². The summed E-state index contributed by atoms with van der Waals surface area (Å²) < 4.78 is 29.8. The molecule has 1 rings (SSSR count). The monoisotopic (exact) mass is 286 g/mol. The zero-order valence-corrected chi connectivity index (χ0v) is 12.0. The van der Waals surface area contributed by atoms with Crippen LogP contribution in [0.25, 0.3) is 0 Å². The number of carbonyl (C=O) groups is 1. The van der Waals surface area contributed by atoms with Gasteiger partial charge in [0, 0.05) is 0 Å². The third-order valence-corrected chi connectivity index (χ3v) is 3.76. The Morgan fingerprint density at radius 1 is 1.37 bits per heavy atom. The Hall–Kier alpha value is -1.76. The van der Waals surface area contributed by atoms with Crippen molar-refractivity contribution < 1.29 is 17.9 Å². The number of carbonyl (C=O) groups excluding carboxylic acids is 1. The lowest BCUT2D eigenvalue weighted by molar-refractivity contribution is -0.118. The molecule has 1 atom stereocenters. The predicted molar refractivity (Wildman–Crippen MR) is 73.6 cm³/mol. The number of hydrogen-bond acceptors (Lipinski definition) is 4. The summed E-state index contributed by atoms with van der Waals surface area (Å²) in [6.07, 6.45) is 1.03. The molecule has 0 aliphatic heterocycles. The fourth-order valence-electron chi connectivity index (χ4n) is 1.67. The number of sulfonamides is 1. The molecule has 1 aromatic carbocycles. The Morgan fingerprint density at radius 2 is 1.89 bits per heavy atom. The van der Waals surface area contributed by atoms with Crippen molar-refractivity contribution in [2.75, 3.05) is 17.2 Å². The van der Waals surface area contributed by atoms with E-state index in [1.54, 1.807) is 24.3 Å². The van der Waals surface area contributed by atoms with E-state index in [9.17, 15) is 13.2 Å². The van der Waals surface area contributed by atoms with Crippen LogP contribution < -0.4 is 14.8 Å². The van der Waals surface area contributed by atoms with Gasteiger partial charge in [-0.2, -0.15) is 0 Å². The summed E-state index contributed by atoms with van der Waals surface area (Å²) in [5, 5.41) is 0. The molecule has 1 aromatic rings. The Kier molecular flexibility index (Phi) is 4.77. The highest BCUT2D eigenvalue weighted by atomic mass is 32.2. The zero-order valence-electron chi connectivity index (χ0n) is 11.2. The standard InChI is InChI=1S/C12H18N2O4S/c1-4-18-11-7-5-10(6-8-11)14(19(3,16)17)9(2)12(13)15/h5-9H,4H2,1-3H3,(H2,13,15)/t9-/m1/s1. The number of nitrogens with two attached hydrogens (primary N) is 1. The highest BCUT2D eigenvalue weighted by Gasteiger charge is 2.27. The average Bonchev–Trinajstić information content (AvgIpc) is 2.30. The topological polar surface area (TPSA) is 89.7 Å². The molecule has 0 fully saturated rings. The van der Waals surface area contributed by atoms with Crippen LogP contribution in [0.5, 0.6) is 5.75 Å². The molecule has 1 amide bonds.